The van der Waals surface area contributed by atoms with Gasteiger partial charge in [-0.2, -0.15) is 5.10 Å². The number of carbonyl (C=O) groups excluding carboxylic acids is 2. The maximum Gasteiger partial charge on any atom is 0.299 e. The van der Waals surface area contributed by atoms with Crippen molar-refractivity contribution in [2.24, 2.45) is 0 Å². The lowest BCUT2D eigenvalue weighted by Crippen LogP contribution is -2.37. The van der Waals surface area contributed by atoms with Gasteiger partial charge in [-0.05, 0) is 62.4 Å². The van der Waals surface area contributed by atoms with Crippen molar-refractivity contribution in [3.8, 4) is 5.69 Å². The van der Waals surface area contributed by atoms with E-state index in [0.717, 1.165) is 10.2 Å². The molecule has 0 aliphatic rings. The summed E-state index contributed by atoms with van der Waals surface area (Å²) in [7, 11) is 0. The molecule has 2 aromatic carbocycles. The number of aryl methyl sites for hydroxylation is 1. The molecular formula is C25H21BrN4O2. The lowest BCUT2D eigenvalue weighted by molar-refractivity contribution is -0.114. The first-order chi connectivity index (χ1) is 15.5. The SMILES string of the molecule is Cc1nn(-c2ccccc2)c(C)c1C(=O)C(=O)N(Cc1ccccn1)c1ccc(Br)cc1. The highest BCUT2D eigenvalue weighted by atomic mass is 79.9. The Morgan fingerprint density at radius 2 is 1.62 bits per heavy atom. The highest BCUT2D eigenvalue weighted by Crippen LogP contribution is 2.24. The summed E-state index contributed by atoms with van der Waals surface area (Å²) >= 11 is 3.41. The number of anilines is 1. The van der Waals surface area contributed by atoms with Gasteiger partial charge in [-0.15, -0.1) is 0 Å². The van der Waals surface area contributed by atoms with Crippen molar-refractivity contribution in [1.29, 1.82) is 0 Å². The zero-order valence-corrected chi connectivity index (χ0v) is 19.3. The number of aromatic nitrogens is 3. The van der Waals surface area contributed by atoms with E-state index in [4.69, 9.17) is 0 Å². The number of halogens is 1. The summed E-state index contributed by atoms with van der Waals surface area (Å²) in [4.78, 5) is 32.7. The van der Waals surface area contributed by atoms with Crippen molar-refractivity contribution in [1.82, 2.24) is 14.8 Å². The van der Waals surface area contributed by atoms with Crippen molar-refractivity contribution in [2.45, 2.75) is 20.4 Å². The maximum absolute atomic E-state index is 13.5. The molecule has 32 heavy (non-hydrogen) atoms. The Hall–Kier alpha value is -3.58. The van der Waals surface area contributed by atoms with Gasteiger partial charge in [0.15, 0.2) is 0 Å². The first kappa shape index (κ1) is 21.6. The highest BCUT2D eigenvalue weighted by Gasteiger charge is 2.30. The molecule has 0 N–H and O–H groups in total. The van der Waals surface area contributed by atoms with Crippen molar-refractivity contribution in [2.75, 3.05) is 4.90 Å². The van der Waals surface area contributed by atoms with Crippen molar-refractivity contribution >= 4 is 33.3 Å². The number of Topliss-reactive ketones (excluding diaryl/α,β-unsaturated/α-hetero) is 1. The van der Waals surface area contributed by atoms with Crippen LogP contribution in [0.1, 0.15) is 27.4 Å². The van der Waals surface area contributed by atoms with Gasteiger partial charge in [-0.3, -0.25) is 19.5 Å². The second kappa shape index (κ2) is 9.28. The van der Waals surface area contributed by atoms with Gasteiger partial charge >= 0.3 is 0 Å². The van der Waals surface area contributed by atoms with Crippen LogP contribution >= 0.6 is 15.9 Å². The summed E-state index contributed by atoms with van der Waals surface area (Å²) in [6.07, 6.45) is 1.67. The predicted octanol–water partition coefficient (Wildman–Crippen LogP) is 5.06. The fourth-order valence-corrected chi connectivity index (χ4v) is 3.84. The molecule has 0 aliphatic heterocycles. The van der Waals surface area contributed by atoms with Crippen molar-refractivity contribution in [3.05, 3.63) is 106 Å². The van der Waals surface area contributed by atoms with E-state index in [1.165, 1.54) is 4.90 Å². The first-order valence-electron chi connectivity index (χ1n) is 10.1. The molecule has 7 heteroatoms. The number of hydrogen-bond donors (Lipinski definition) is 0. The smallest absolute Gasteiger partial charge is 0.299 e. The van der Waals surface area contributed by atoms with Crippen LogP contribution < -0.4 is 4.90 Å². The van der Waals surface area contributed by atoms with E-state index in [0.29, 0.717) is 28.3 Å². The highest BCUT2D eigenvalue weighted by molar-refractivity contribution is 9.10. The molecule has 160 valence electrons. The zero-order chi connectivity index (χ0) is 22.7. The minimum absolute atomic E-state index is 0.179. The van der Waals surface area contributed by atoms with Crippen LogP contribution in [0.15, 0.2) is 83.5 Å². The molecule has 2 heterocycles. The third kappa shape index (κ3) is 4.38. The first-order valence-corrected chi connectivity index (χ1v) is 10.9. The quantitative estimate of drug-likeness (QED) is 0.281. The standard InChI is InChI=1S/C25H21BrN4O2/c1-17-23(18(2)30(28-17)22-9-4-3-5-10-22)24(31)25(32)29(16-20-8-6-7-15-27-20)21-13-11-19(26)12-14-21/h3-15H,16H2,1-2H3. The van der Waals surface area contributed by atoms with Gasteiger partial charge < -0.3 is 0 Å². The van der Waals surface area contributed by atoms with E-state index in [2.05, 4.69) is 26.0 Å². The van der Waals surface area contributed by atoms with Crippen LogP contribution in [0.5, 0.6) is 0 Å². The van der Waals surface area contributed by atoms with Gasteiger partial charge in [0, 0.05) is 16.4 Å². The molecule has 0 aliphatic carbocycles. The molecule has 0 saturated carbocycles. The topological polar surface area (TPSA) is 68.1 Å². The van der Waals surface area contributed by atoms with Crippen LogP contribution in [-0.4, -0.2) is 26.5 Å². The van der Waals surface area contributed by atoms with Gasteiger partial charge in [0.05, 0.1) is 34.9 Å². The van der Waals surface area contributed by atoms with Crippen LogP contribution in [0.4, 0.5) is 5.69 Å². The van der Waals surface area contributed by atoms with Gasteiger partial charge in [-0.25, -0.2) is 4.68 Å². The molecule has 0 atom stereocenters. The van der Waals surface area contributed by atoms with Crippen molar-refractivity contribution in [3.63, 3.8) is 0 Å². The molecular weight excluding hydrogens is 468 g/mol. The molecule has 2 aromatic heterocycles. The van der Waals surface area contributed by atoms with Crippen LogP contribution in [0.25, 0.3) is 5.69 Å². The second-order valence-electron chi connectivity index (χ2n) is 7.31. The van der Waals surface area contributed by atoms with Gasteiger partial charge in [0.1, 0.15) is 0 Å². The van der Waals surface area contributed by atoms with E-state index in [1.54, 1.807) is 36.9 Å². The average molecular weight is 489 g/mol. The molecule has 0 unspecified atom stereocenters. The molecule has 0 fully saturated rings. The van der Waals surface area contributed by atoms with E-state index in [1.807, 2.05) is 60.7 Å². The largest absolute Gasteiger partial charge is 0.300 e. The fraction of sp³-hybridized carbons (Fsp3) is 0.120. The Labute approximate surface area is 194 Å². The number of pyridine rings is 1. The summed E-state index contributed by atoms with van der Waals surface area (Å²) < 4.78 is 2.58. The van der Waals surface area contributed by atoms with E-state index < -0.39 is 11.7 Å². The number of carbonyl (C=O) groups is 2. The Morgan fingerprint density at radius 1 is 0.938 bits per heavy atom. The third-order valence-electron chi connectivity index (χ3n) is 5.14. The van der Waals surface area contributed by atoms with Gasteiger partial charge in [-0.1, -0.05) is 40.2 Å². The summed E-state index contributed by atoms with van der Waals surface area (Å²) in [6, 6.07) is 22.3. The monoisotopic (exact) mass is 488 g/mol. The zero-order valence-electron chi connectivity index (χ0n) is 17.7. The molecule has 1 amide bonds. The van der Waals surface area contributed by atoms with Crippen LogP contribution in [0, 0.1) is 13.8 Å². The molecule has 0 saturated heterocycles. The predicted molar refractivity (Wildman–Crippen MR) is 127 cm³/mol. The number of rotatable bonds is 6. The maximum atomic E-state index is 13.5. The lowest BCUT2D eigenvalue weighted by atomic mass is 10.1. The number of para-hydroxylation sites is 1. The number of nitrogens with zero attached hydrogens (tertiary/aromatic N) is 4. The normalized spacial score (nSPS) is 10.7. The van der Waals surface area contributed by atoms with Crippen molar-refractivity contribution < 1.29 is 9.59 Å². The third-order valence-corrected chi connectivity index (χ3v) is 5.67. The Kier molecular flexibility index (Phi) is 6.28. The Balaban J connectivity index is 1.72. The second-order valence-corrected chi connectivity index (χ2v) is 8.23. The summed E-state index contributed by atoms with van der Waals surface area (Å²) in [6.45, 7) is 3.73. The fourth-order valence-electron chi connectivity index (χ4n) is 3.58. The molecule has 4 rings (SSSR count). The molecule has 0 bridgehead atoms. The van der Waals surface area contributed by atoms with Crippen LogP contribution in [0.3, 0.4) is 0 Å². The minimum atomic E-state index is -0.628. The van der Waals surface area contributed by atoms with E-state index in [-0.39, 0.29) is 6.54 Å². The number of hydrogen-bond acceptors (Lipinski definition) is 4. The molecule has 4 aromatic rings. The van der Waals surface area contributed by atoms with Crippen LogP contribution in [-0.2, 0) is 11.3 Å². The minimum Gasteiger partial charge on any atom is -0.300 e. The molecule has 0 radical (unpaired) electrons. The Morgan fingerprint density at radius 3 is 2.28 bits per heavy atom. The summed E-state index contributed by atoms with van der Waals surface area (Å²) in [5, 5.41) is 4.52. The van der Waals surface area contributed by atoms with Gasteiger partial charge in [0.25, 0.3) is 11.7 Å². The van der Waals surface area contributed by atoms with Gasteiger partial charge in [0.2, 0.25) is 0 Å². The summed E-state index contributed by atoms with van der Waals surface area (Å²) in [5.41, 5.74) is 3.59. The van der Waals surface area contributed by atoms with E-state index in [9.17, 15) is 9.59 Å². The lowest BCUT2D eigenvalue weighted by Gasteiger charge is -2.22. The summed E-state index contributed by atoms with van der Waals surface area (Å²) in [5.74, 6) is -1.22. The molecule has 0 spiro atoms. The number of amides is 1. The average Bonchev–Trinajstić information content (AvgIpc) is 3.12. The molecule has 6 nitrogen and oxygen atoms in total. The number of benzene rings is 2. The van der Waals surface area contributed by atoms with E-state index >= 15 is 0 Å². The van der Waals surface area contributed by atoms with Crippen LogP contribution in [0.2, 0.25) is 0 Å². The number of ketones is 1. The Bertz CT molecular complexity index is 1250.